The van der Waals surface area contributed by atoms with E-state index in [0.29, 0.717) is 5.41 Å². The summed E-state index contributed by atoms with van der Waals surface area (Å²) >= 11 is 0. The predicted octanol–water partition coefficient (Wildman–Crippen LogP) is 1.98. The molecule has 0 aromatic heterocycles. The molecule has 2 heteroatoms. The van der Waals surface area contributed by atoms with Crippen LogP contribution in [-0.2, 0) is 5.41 Å². The van der Waals surface area contributed by atoms with Crippen molar-refractivity contribution >= 4 is 5.69 Å². The summed E-state index contributed by atoms with van der Waals surface area (Å²) in [6, 6.07) is 8.64. The van der Waals surface area contributed by atoms with Gasteiger partial charge >= 0.3 is 0 Å². The Labute approximate surface area is 85.7 Å². The first kappa shape index (κ1) is 9.53. The van der Waals surface area contributed by atoms with E-state index in [0.717, 1.165) is 13.1 Å². The molecule has 0 radical (unpaired) electrons. The van der Waals surface area contributed by atoms with Gasteiger partial charge in [-0.1, -0.05) is 25.1 Å². The second-order valence-electron chi connectivity index (χ2n) is 4.06. The Balaban J connectivity index is 2.39. The van der Waals surface area contributed by atoms with Gasteiger partial charge < -0.3 is 10.6 Å². The van der Waals surface area contributed by atoms with Gasteiger partial charge in [0.05, 0.1) is 0 Å². The zero-order chi connectivity index (χ0) is 10.0. The van der Waals surface area contributed by atoms with Gasteiger partial charge in [-0.25, -0.2) is 0 Å². The molecule has 14 heavy (non-hydrogen) atoms. The largest absolute Gasteiger partial charge is 0.384 e. The van der Waals surface area contributed by atoms with Crippen molar-refractivity contribution in [3.63, 3.8) is 0 Å². The number of benzene rings is 1. The van der Waals surface area contributed by atoms with Crippen molar-refractivity contribution in [1.82, 2.24) is 5.32 Å². The highest BCUT2D eigenvalue weighted by molar-refractivity contribution is 5.60. The van der Waals surface area contributed by atoms with Crippen LogP contribution in [0.4, 0.5) is 5.69 Å². The van der Waals surface area contributed by atoms with Crippen LogP contribution in [0.5, 0.6) is 0 Å². The SMILES string of the molecule is CCC1(CNC)CNc2ccccc21. The van der Waals surface area contributed by atoms with E-state index in [1.54, 1.807) is 0 Å². The molecular weight excluding hydrogens is 172 g/mol. The molecule has 0 saturated carbocycles. The van der Waals surface area contributed by atoms with Crippen LogP contribution >= 0.6 is 0 Å². The smallest absolute Gasteiger partial charge is 0.0379 e. The number of likely N-dealkylation sites (N-methyl/N-ethyl adjacent to an activating group) is 1. The normalized spacial score (nSPS) is 24.4. The van der Waals surface area contributed by atoms with Gasteiger partial charge in [0, 0.05) is 24.2 Å². The second-order valence-corrected chi connectivity index (χ2v) is 4.06. The Bertz CT molecular complexity index is 318. The van der Waals surface area contributed by atoms with E-state index < -0.39 is 0 Å². The third-order valence-electron chi connectivity index (χ3n) is 3.31. The third-order valence-corrected chi connectivity index (χ3v) is 3.31. The number of hydrogen-bond acceptors (Lipinski definition) is 2. The van der Waals surface area contributed by atoms with Crippen LogP contribution in [0.25, 0.3) is 0 Å². The average Bonchev–Trinajstić information content (AvgIpc) is 2.59. The molecule has 0 spiro atoms. The average molecular weight is 190 g/mol. The zero-order valence-corrected chi connectivity index (χ0v) is 8.93. The van der Waals surface area contributed by atoms with E-state index in [1.165, 1.54) is 17.7 Å². The topological polar surface area (TPSA) is 24.1 Å². The summed E-state index contributed by atoms with van der Waals surface area (Å²) in [6.07, 6.45) is 1.18. The molecular formula is C12H18N2. The Hall–Kier alpha value is -1.02. The molecule has 0 bridgehead atoms. The Kier molecular flexibility index (Phi) is 2.46. The highest BCUT2D eigenvalue weighted by Gasteiger charge is 2.36. The van der Waals surface area contributed by atoms with Crippen LogP contribution in [0.2, 0.25) is 0 Å². The first-order valence-electron chi connectivity index (χ1n) is 5.30. The fraction of sp³-hybridized carbons (Fsp3) is 0.500. The van der Waals surface area contributed by atoms with Crippen molar-refractivity contribution in [2.45, 2.75) is 18.8 Å². The maximum atomic E-state index is 3.49. The number of fused-ring (bicyclic) bond motifs is 1. The highest BCUT2D eigenvalue weighted by atomic mass is 15.0. The van der Waals surface area contributed by atoms with Crippen LogP contribution < -0.4 is 10.6 Å². The van der Waals surface area contributed by atoms with Crippen LogP contribution in [0.1, 0.15) is 18.9 Å². The monoisotopic (exact) mass is 190 g/mol. The summed E-state index contributed by atoms with van der Waals surface area (Å²) in [5, 5.41) is 6.79. The fourth-order valence-electron chi connectivity index (χ4n) is 2.40. The number of nitrogens with one attached hydrogen (secondary N) is 2. The van der Waals surface area contributed by atoms with E-state index in [2.05, 4.69) is 41.8 Å². The van der Waals surface area contributed by atoms with Crippen LogP contribution in [-0.4, -0.2) is 20.1 Å². The lowest BCUT2D eigenvalue weighted by atomic mass is 9.80. The molecule has 1 aromatic carbocycles. The molecule has 1 unspecified atom stereocenters. The van der Waals surface area contributed by atoms with Crippen molar-refractivity contribution in [2.24, 2.45) is 0 Å². The molecule has 1 aromatic rings. The van der Waals surface area contributed by atoms with Gasteiger partial charge in [-0.05, 0) is 25.1 Å². The van der Waals surface area contributed by atoms with Gasteiger partial charge in [0.25, 0.3) is 0 Å². The van der Waals surface area contributed by atoms with Crippen LogP contribution in [0, 0.1) is 0 Å². The quantitative estimate of drug-likeness (QED) is 0.761. The molecule has 2 rings (SSSR count). The maximum Gasteiger partial charge on any atom is 0.0379 e. The summed E-state index contributed by atoms with van der Waals surface area (Å²) in [5.41, 5.74) is 3.08. The number of hydrogen-bond donors (Lipinski definition) is 2. The molecule has 0 saturated heterocycles. The highest BCUT2D eigenvalue weighted by Crippen LogP contribution is 2.38. The summed E-state index contributed by atoms with van der Waals surface area (Å²) in [6.45, 7) is 4.37. The van der Waals surface area contributed by atoms with Gasteiger partial charge in [-0.15, -0.1) is 0 Å². The van der Waals surface area contributed by atoms with Gasteiger partial charge in [0.2, 0.25) is 0 Å². The van der Waals surface area contributed by atoms with Crippen molar-refractivity contribution in [3.05, 3.63) is 29.8 Å². The maximum absolute atomic E-state index is 3.49. The number of anilines is 1. The molecule has 0 amide bonds. The number of rotatable bonds is 3. The molecule has 1 atom stereocenters. The molecule has 1 aliphatic rings. The molecule has 2 nitrogen and oxygen atoms in total. The third kappa shape index (κ3) is 1.30. The molecule has 76 valence electrons. The minimum absolute atomic E-state index is 0.297. The Morgan fingerprint density at radius 3 is 2.93 bits per heavy atom. The van der Waals surface area contributed by atoms with Crippen molar-refractivity contribution < 1.29 is 0 Å². The molecule has 0 fully saturated rings. The molecule has 0 aliphatic carbocycles. The lowest BCUT2D eigenvalue weighted by Gasteiger charge is -2.27. The minimum atomic E-state index is 0.297. The van der Waals surface area contributed by atoms with E-state index in [-0.39, 0.29) is 0 Å². The van der Waals surface area contributed by atoms with Gasteiger partial charge in [-0.2, -0.15) is 0 Å². The van der Waals surface area contributed by atoms with E-state index in [4.69, 9.17) is 0 Å². The van der Waals surface area contributed by atoms with E-state index in [1.807, 2.05) is 7.05 Å². The van der Waals surface area contributed by atoms with Crippen LogP contribution in [0.3, 0.4) is 0 Å². The second kappa shape index (κ2) is 3.62. The summed E-state index contributed by atoms with van der Waals surface area (Å²) < 4.78 is 0. The van der Waals surface area contributed by atoms with E-state index in [9.17, 15) is 0 Å². The first-order valence-corrected chi connectivity index (χ1v) is 5.30. The number of para-hydroxylation sites is 1. The summed E-state index contributed by atoms with van der Waals surface area (Å²) in [5.74, 6) is 0. The molecule has 1 aliphatic heterocycles. The predicted molar refractivity (Wildman–Crippen MR) is 60.8 cm³/mol. The zero-order valence-electron chi connectivity index (χ0n) is 8.93. The van der Waals surface area contributed by atoms with Crippen molar-refractivity contribution in [3.8, 4) is 0 Å². The van der Waals surface area contributed by atoms with E-state index >= 15 is 0 Å². The lowest BCUT2D eigenvalue weighted by Crippen LogP contribution is -2.38. The van der Waals surface area contributed by atoms with Crippen LogP contribution in [0.15, 0.2) is 24.3 Å². The molecule has 1 heterocycles. The van der Waals surface area contributed by atoms with Gasteiger partial charge in [0.1, 0.15) is 0 Å². The van der Waals surface area contributed by atoms with Gasteiger partial charge in [0.15, 0.2) is 0 Å². The van der Waals surface area contributed by atoms with Crippen molar-refractivity contribution in [2.75, 3.05) is 25.5 Å². The standard InChI is InChI=1S/C12H18N2/c1-3-12(8-13-2)9-14-11-7-5-4-6-10(11)12/h4-7,13-14H,3,8-9H2,1-2H3. The Morgan fingerprint density at radius 1 is 1.43 bits per heavy atom. The summed E-state index contributed by atoms with van der Waals surface area (Å²) in [4.78, 5) is 0. The minimum Gasteiger partial charge on any atom is -0.384 e. The van der Waals surface area contributed by atoms with Crippen molar-refractivity contribution in [1.29, 1.82) is 0 Å². The fourth-order valence-corrected chi connectivity index (χ4v) is 2.40. The summed E-state index contributed by atoms with van der Waals surface area (Å²) in [7, 11) is 2.03. The Morgan fingerprint density at radius 2 is 2.21 bits per heavy atom. The molecule has 2 N–H and O–H groups in total. The lowest BCUT2D eigenvalue weighted by molar-refractivity contribution is 0.432. The van der Waals surface area contributed by atoms with Gasteiger partial charge in [-0.3, -0.25) is 0 Å². The first-order chi connectivity index (χ1) is 6.82.